The second kappa shape index (κ2) is 9.27. The predicted octanol–water partition coefficient (Wildman–Crippen LogP) is 1.59. The van der Waals surface area contributed by atoms with Crippen molar-refractivity contribution in [2.75, 3.05) is 7.11 Å². The summed E-state index contributed by atoms with van der Waals surface area (Å²) in [6, 6.07) is 0. The van der Waals surface area contributed by atoms with Gasteiger partial charge in [0, 0.05) is 7.11 Å². The number of hydrogen-bond acceptors (Lipinski definition) is 1. The van der Waals surface area contributed by atoms with E-state index in [0.29, 0.717) is 0 Å². The van der Waals surface area contributed by atoms with Gasteiger partial charge in [-0.05, 0) is 0 Å². The van der Waals surface area contributed by atoms with Gasteiger partial charge in [-0.25, -0.2) is 0 Å². The zero-order valence-electron chi connectivity index (χ0n) is 3.16. The van der Waals surface area contributed by atoms with Crippen molar-refractivity contribution in [3.8, 4) is 0 Å². The first kappa shape index (κ1) is 9.95. The average Bonchev–Trinajstić information content (AvgIpc) is 1.41. The van der Waals surface area contributed by atoms with E-state index >= 15 is 0 Å². The zero-order chi connectivity index (χ0) is 5.58. The molecule has 0 atom stereocenters. The lowest BCUT2D eigenvalue weighted by Crippen LogP contribution is -1.55. The third kappa shape index (κ3) is 103. The summed E-state index contributed by atoms with van der Waals surface area (Å²) >= 11 is 14.4. The number of aliphatic hydroxyl groups is 1. The van der Waals surface area contributed by atoms with Crippen molar-refractivity contribution in [2.45, 2.75) is 4.30 Å². The third-order valence-corrected chi connectivity index (χ3v) is 0. The lowest BCUT2D eigenvalue weighted by atomic mass is 11.8. The van der Waals surface area contributed by atoms with E-state index < -0.39 is 4.30 Å². The minimum absolute atomic E-state index is 0.750. The summed E-state index contributed by atoms with van der Waals surface area (Å²) in [6.07, 6.45) is 0. The van der Waals surface area contributed by atoms with E-state index in [1.54, 1.807) is 0 Å². The van der Waals surface area contributed by atoms with Gasteiger partial charge in [0.15, 0.2) is 4.30 Å². The Hall–Kier alpha value is 0.830. The Morgan fingerprint density at radius 3 is 1.17 bits per heavy atom. The Bertz CT molecular complexity index is 13.5. The van der Waals surface area contributed by atoms with Crippen molar-refractivity contribution in [1.29, 1.82) is 0 Å². The Kier molecular flexibility index (Phi) is 15.4. The molecule has 0 saturated heterocycles. The molecule has 0 bridgehead atoms. The van der Waals surface area contributed by atoms with E-state index in [2.05, 4.69) is 0 Å². The first-order valence-electron chi connectivity index (χ1n) is 1.10. The van der Waals surface area contributed by atoms with Gasteiger partial charge in [0.2, 0.25) is 0 Å². The highest BCUT2D eigenvalue weighted by molar-refractivity contribution is 6.63. The lowest BCUT2D eigenvalue weighted by Gasteiger charge is -1.69. The van der Waals surface area contributed by atoms with Crippen molar-refractivity contribution in [3.63, 3.8) is 0 Å². The van der Waals surface area contributed by atoms with Gasteiger partial charge < -0.3 is 5.11 Å². The van der Waals surface area contributed by atoms with Crippen LogP contribution in [0.15, 0.2) is 0 Å². The lowest BCUT2D eigenvalue weighted by molar-refractivity contribution is 0.399. The average molecular weight is 151 g/mol. The molecule has 0 aliphatic carbocycles. The number of aliphatic hydroxyl groups excluding tert-OH is 1. The van der Waals surface area contributed by atoms with E-state index in [1.807, 2.05) is 0 Å². The number of alkyl halides is 3. The standard InChI is InChI=1S/CHCl3.CH4O/c2-1(3)4;1-2/h1H;2H,1H3. The molecule has 0 saturated carbocycles. The molecular weight excluding hydrogens is 146 g/mol. The molecule has 0 fully saturated rings. The fraction of sp³-hybridized carbons (Fsp3) is 1.00. The fourth-order valence-electron chi connectivity index (χ4n) is 0. The zero-order valence-corrected chi connectivity index (χ0v) is 5.43. The summed E-state index contributed by atoms with van der Waals surface area (Å²) in [7, 11) is 1.00. The van der Waals surface area contributed by atoms with Crippen LogP contribution in [-0.4, -0.2) is 16.5 Å². The second-order valence-corrected chi connectivity index (χ2v) is 2.23. The fourth-order valence-corrected chi connectivity index (χ4v) is 0. The van der Waals surface area contributed by atoms with Gasteiger partial charge >= 0.3 is 0 Å². The van der Waals surface area contributed by atoms with Crippen LogP contribution < -0.4 is 0 Å². The Labute approximate surface area is 51.8 Å². The smallest absolute Gasteiger partial charge is 0.180 e. The highest BCUT2D eigenvalue weighted by Crippen LogP contribution is 2.03. The Balaban J connectivity index is 0. The molecule has 0 unspecified atom stereocenters. The number of hydrogen-bond donors (Lipinski definition) is 1. The van der Waals surface area contributed by atoms with Gasteiger partial charge in [-0.2, -0.15) is 0 Å². The summed E-state index contributed by atoms with van der Waals surface area (Å²) in [4.78, 5) is 0. The summed E-state index contributed by atoms with van der Waals surface area (Å²) in [5, 5.41) is 7.00. The van der Waals surface area contributed by atoms with Crippen molar-refractivity contribution in [2.24, 2.45) is 0 Å². The maximum Gasteiger partial charge on any atom is 0.180 e. The molecule has 0 rings (SSSR count). The van der Waals surface area contributed by atoms with Crippen molar-refractivity contribution < 1.29 is 5.11 Å². The molecule has 0 aliphatic heterocycles. The number of halogens is 3. The molecular formula is C2H5Cl3O. The molecule has 1 nitrogen and oxygen atoms in total. The molecule has 0 heterocycles. The molecule has 0 aromatic heterocycles. The van der Waals surface area contributed by atoms with Crippen LogP contribution in [0.5, 0.6) is 0 Å². The highest BCUT2D eigenvalue weighted by atomic mass is 35.6. The van der Waals surface area contributed by atoms with E-state index in [-0.39, 0.29) is 0 Å². The van der Waals surface area contributed by atoms with Crippen LogP contribution in [0, 0.1) is 0 Å². The molecule has 0 aromatic rings. The first-order valence-corrected chi connectivity index (χ1v) is 2.41. The molecule has 0 aromatic carbocycles. The van der Waals surface area contributed by atoms with Crippen LogP contribution in [0.3, 0.4) is 0 Å². The Morgan fingerprint density at radius 1 is 1.17 bits per heavy atom. The molecule has 6 heavy (non-hydrogen) atoms. The molecule has 0 spiro atoms. The number of rotatable bonds is 0. The molecule has 0 radical (unpaired) electrons. The van der Waals surface area contributed by atoms with Crippen molar-refractivity contribution in [3.05, 3.63) is 0 Å². The van der Waals surface area contributed by atoms with Crippen molar-refractivity contribution >= 4 is 34.8 Å². The Morgan fingerprint density at radius 2 is 1.17 bits per heavy atom. The SMILES string of the molecule is CO.ClC(Cl)Cl. The van der Waals surface area contributed by atoms with Crippen LogP contribution in [0.2, 0.25) is 0 Å². The van der Waals surface area contributed by atoms with Crippen LogP contribution in [0.4, 0.5) is 0 Å². The summed E-state index contributed by atoms with van der Waals surface area (Å²) in [6.45, 7) is 0. The van der Waals surface area contributed by atoms with Gasteiger partial charge in [-0.1, -0.05) is 34.8 Å². The molecule has 0 amide bonds. The maximum atomic E-state index is 7.00. The second-order valence-electron chi connectivity index (χ2n) is 0.247. The maximum absolute atomic E-state index is 7.00. The van der Waals surface area contributed by atoms with Gasteiger partial charge in [0.1, 0.15) is 0 Å². The normalized spacial score (nSPS) is 7.00. The van der Waals surface area contributed by atoms with E-state index in [0.717, 1.165) is 7.11 Å². The minimum Gasteiger partial charge on any atom is -0.400 e. The topological polar surface area (TPSA) is 20.2 Å². The minimum atomic E-state index is -0.750. The summed E-state index contributed by atoms with van der Waals surface area (Å²) in [5.74, 6) is 0. The largest absolute Gasteiger partial charge is 0.400 e. The first-order chi connectivity index (χ1) is 2.73. The quantitative estimate of drug-likeness (QED) is 0.521. The van der Waals surface area contributed by atoms with Gasteiger partial charge in [-0.3, -0.25) is 0 Å². The van der Waals surface area contributed by atoms with Crippen LogP contribution >= 0.6 is 34.8 Å². The van der Waals surface area contributed by atoms with Crippen LogP contribution in [-0.2, 0) is 0 Å². The van der Waals surface area contributed by atoms with Crippen LogP contribution in [0.1, 0.15) is 0 Å². The molecule has 0 aliphatic rings. The van der Waals surface area contributed by atoms with E-state index in [1.165, 1.54) is 0 Å². The third-order valence-electron chi connectivity index (χ3n) is 0. The van der Waals surface area contributed by atoms with E-state index in [9.17, 15) is 0 Å². The molecule has 4 heteroatoms. The van der Waals surface area contributed by atoms with Gasteiger partial charge in [0.25, 0.3) is 0 Å². The van der Waals surface area contributed by atoms with Crippen molar-refractivity contribution in [1.82, 2.24) is 0 Å². The molecule has 1 N–H and O–H groups in total. The monoisotopic (exact) mass is 150 g/mol. The molecule has 40 valence electrons. The summed E-state index contributed by atoms with van der Waals surface area (Å²) < 4.78 is -0.750. The van der Waals surface area contributed by atoms with Gasteiger partial charge in [0.05, 0.1) is 0 Å². The highest BCUT2D eigenvalue weighted by Gasteiger charge is 1.78. The van der Waals surface area contributed by atoms with Crippen LogP contribution in [0.25, 0.3) is 0 Å². The van der Waals surface area contributed by atoms with Gasteiger partial charge in [-0.15, -0.1) is 0 Å². The summed E-state index contributed by atoms with van der Waals surface area (Å²) in [5.41, 5.74) is 0. The predicted molar refractivity (Wildman–Crippen MR) is 29.5 cm³/mol. The van der Waals surface area contributed by atoms with E-state index in [4.69, 9.17) is 39.9 Å².